The summed E-state index contributed by atoms with van der Waals surface area (Å²) in [4.78, 5) is 37.1. The molecule has 1 N–H and O–H groups in total. The molecule has 0 atom stereocenters. The van der Waals surface area contributed by atoms with E-state index in [1.54, 1.807) is 30.5 Å². The molecule has 0 aromatic carbocycles. The van der Waals surface area contributed by atoms with Crippen molar-refractivity contribution in [3.8, 4) is 0 Å². The molecule has 0 spiro atoms. The lowest BCUT2D eigenvalue weighted by Crippen LogP contribution is -2.48. The van der Waals surface area contributed by atoms with Crippen molar-refractivity contribution in [2.24, 2.45) is 0 Å². The lowest BCUT2D eigenvalue weighted by atomic mass is 10.2. The number of aliphatic hydroxyl groups excluding tert-OH is 1. The minimum Gasteiger partial charge on any atom is -0.395 e. The number of thioether (sulfide) groups is 1. The first-order valence-electron chi connectivity index (χ1n) is 9.99. The predicted octanol–water partition coefficient (Wildman–Crippen LogP) is 1.20. The lowest BCUT2D eigenvalue weighted by molar-refractivity contribution is -0.121. The van der Waals surface area contributed by atoms with E-state index in [1.807, 2.05) is 6.07 Å². The number of carbonyl (C=O) groups excluding carboxylic acids is 1. The summed E-state index contributed by atoms with van der Waals surface area (Å²) in [5.41, 5.74) is 0.697. The van der Waals surface area contributed by atoms with E-state index < -0.39 is 0 Å². The number of aromatic nitrogens is 2. The van der Waals surface area contributed by atoms with Crippen molar-refractivity contribution in [3.05, 3.63) is 57.9 Å². The van der Waals surface area contributed by atoms with Gasteiger partial charge in [-0.25, -0.2) is 4.98 Å². The number of thiocarbonyl (C=S) groups is 1. The third-order valence-electron chi connectivity index (χ3n) is 5.30. The Kier molecular flexibility index (Phi) is 6.51. The number of anilines is 1. The summed E-state index contributed by atoms with van der Waals surface area (Å²) >= 11 is 6.51. The highest BCUT2D eigenvalue weighted by Crippen LogP contribution is 2.33. The first kappa shape index (κ1) is 21.7. The van der Waals surface area contributed by atoms with Gasteiger partial charge in [-0.05, 0) is 18.2 Å². The quantitative estimate of drug-likeness (QED) is 0.394. The molecule has 162 valence electrons. The van der Waals surface area contributed by atoms with E-state index in [9.17, 15) is 14.7 Å². The standard InChI is InChI=1S/C21H23N5O3S2/c1-2-6-26-20(29)16(31-21(26)30)14-15-18(24-10-8-23(9-11-24)12-13-27)22-17-5-3-4-7-25(17)19(15)28/h2-5,7,14,27H,1,6,8-13H2/b16-14+. The minimum atomic E-state index is -0.230. The third-order valence-corrected chi connectivity index (χ3v) is 6.68. The highest BCUT2D eigenvalue weighted by Gasteiger charge is 2.32. The second-order valence-electron chi connectivity index (χ2n) is 7.22. The summed E-state index contributed by atoms with van der Waals surface area (Å²) in [6.07, 6.45) is 4.91. The topological polar surface area (TPSA) is 81.4 Å². The molecule has 0 unspecified atom stereocenters. The maximum atomic E-state index is 13.4. The molecule has 0 radical (unpaired) electrons. The second-order valence-corrected chi connectivity index (χ2v) is 8.89. The Morgan fingerprint density at radius 2 is 2.00 bits per heavy atom. The van der Waals surface area contributed by atoms with Crippen LogP contribution < -0.4 is 10.5 Å². The Morgan fingerprint density at radius 3 is 2.71 bits per heavy atom. The van der Waals surface area contributed by atoms with Gasteiger partial charge in [-0.3, -0.25) is 23.8 Å². The summed E-state index contributed by atoms with van der Waals surface area (Å²) in [5.74, 6) is 0.333. The number of nitrogens with zero attached hydrogens (tertiary/aromatic N) is 5. The van der Waals surface area contributed by atoms with Crippen LogP contribution in [0.25, 0.3) is 11.7 Å². The van der Waals surface area contributed by atoms with Crippen molar-refractivity contribution in [1.29, 1.82) is 0 Å². The Hall–Kier alpha value is -2.53. The van der Waals surface area contributed by atoms with Crippen LogP contribution in [0, 0.1) is 0 Å². The monoisotopic (exact) mass is 457 g/mol. The van der Waals surface area contributed by atoms with Gasteiger partial charge in [0.25, 0.3) is 11.5 Å². The number of pyridine rings is 1. The zero-order valence-corrected chi connectivity index (χ0v) is 18.6. The number of rotatable bonds is 6. The zero-order valence-electron chi connectivity index (χ0n) is 16.9. The van der Waals surface area contributed by atoms with Crippen LogP contribution in [0.3, 0.4) is 0 Å². The van der Waals surface area contributed by atoms with Crippen molar-refractivity contribution in [1.82, 2.24) is 19.2 Å². The average Bonchev–Trinajstić information content (AvgIpc) is 3.04. The fraction of sp³-hybridized carbons (Fsp3) is 0.333. The molecule has 0 aliphatic carbocycles. The molecule has 0 saturated carbocycles. The summed E-state index contributed by atoms with van der Waals surface area (Å²) in [7, 11) is 0. The molecule has 10 heteroatoms. The summed E-state index contributed by atoms with van der Waals surface area (Å²) in [6.45, 7) is 7.62. The van der Waals surface area contributed by atoms with E-state index in [-0.39, 0.29) is 18.1 Å². The van der Waals surface area contributed by atoms with Crippen molar-refractivity contribution in [3.63, 3.8) is 0 Å². The number of hydrogen-bond donors (Lipinski definition) is 1. The van der Waals surface area contributed by atoms with E-state index in [0.717, 1.165) is 13.1 Å². The largest absolute Gasteiger partial charge is 0.395 e. The number of carbonyl (C=O) groups is 1. The van der Waals surface area contributed by atoms with Crippen molar-refractivity contribution in [2.75, 3.05) is 50.8 Å². The van der Waals surface area contributed by atoms with E-state index in [2.05, 4.69) is 16.4 Å². The van der Waals surface area contributed by atoms with Gasteiger partial charge in [0, 0.05) is 45.5 Å². The summed E-state index contributed by atoms with van der Waals surface area (Å²) in [6, 6.07) is 5.40. The molecule has 0 bridgehead atoms. The van der Waals surface area contributed by atoms with E-state index in [0.29, 0.717) is 52.4 Å². The summed E-state index contributed by atoms with van der Waals surface area (Å²) in [5, 5.41) is 9.19. The molecule has 8 nitrogen and oxygen atoms in total. The van der Waals surface area contributed by atoms with Gasteiger partial charge < -0.3 is 10.0 Å². The fourth-order valence-electron chi connectivity index (χ4n) is 3.70. The number of hydrogen-bond acceptors (Lipinski definition) is 8. The first-order valence-corrected chi connectivity index (χ1v) is 11.2. The second kappa shape index (κ2) is 9.31. The molecular weight excluding hydrogens is 434 g/mol. The van der Waals surface area contributed by atoms with Crippen LogP contribution in [-0.4, -0.2) is 80.4 Å². The Bertz CT molecular complexity index is 1120. The zero-order chi connectivity index (χ0) is 22.0. The number of piperazine rings is 1. The number of fused-ring (bicyclic) bond motifs is 1. The third kappa shape index (κ3) is 4.29. The number of aliphatic hydroxyl groups is 1. The number of amides is 1. The lowest BCUT2D eigenvalue weighted by Gasteiger charge is -2.35. The van der Waals surface area contributed by atoms with Gasteiger partial charge in [0.1, 0.15) is 15.8 Å². The fourth-order valence-corrected chi connectivity index (χ4v) is 4.96. The molecule has 1 amide bonds. The molecule has 2 aromatic rings. The van der Waals surface area contributed by atoms with Gasteiger partial charge in [-0.2, -0.15) is 0 Å². The van der Waals surface area contributed by atoms with Gasteiger partial charge in [-0.1, -0.05) is 36.1 Å². The van der Waals surface area contributed by atoms with Crippen LogP contribution in [0.5, 0.6) is 0 Å². The Labute approximate surface area is 189 Å². The average molecular weight is 458 g/mol. The van der Waals surface area contributed by atoms with Gasteiger partial charge >= 0.3 is 0 Å². The molecule has 31 heavy (non-hydrogen) atoms. The molecule has 2 fully saturated rings. The minimum absolute atomic E-state index is 0.118. The van der Waals surface area contributed by atoms with E-state index in [1.165, 1.54) is 21.1 Å². The highest BCUT2D eigenvalue weighted by atomic mass is 32.2. The van der Waals surface area contributed by atoms with Crippen LogP contribution in [0.2, 0.25) is 0 Å². The van der Waals surface area contributed by atoms with Crippen LogP contribution in [-0.2, 0) is 4.79 Å². The van der Waals surface area contributed by atoms with E-state index in [4.69, 9.17) is 17.2 Å². The van der Waals surface area contributed by atoms with Crippen molar-refractivity contribution < 1.29 is 9.90 Å². The van der Waals surface area contributed by atoms with Crippen molar-refractivity contribution >= 4 is 51.7 Å². The molecule has 2 saturated heterocycles. The number of β-amino-alcohol motifs (C(OH)–C–C–N with tert-alkyl or cyclic N) is 1. The van der Waals surface area contributed by atoms with Gasteiger partial charge in [0.05, 0.1) is 17.1 Å². The normalized spacial score (nSPS) is 19.1. The van der Waals surface area contributed by atoms with Gasteiger partial charge in [0.15, 0.2) is 0 Å². The first-order chi connectivity index (χ1) is 15.0. The summed E-state index contributed by atoms with van der Waals surface area (Å²) < 4.78 is 1.94. The van der Waals surface area contributed by atoms with Crippen molar-refractivity contribution in [2.45, 2.75) is 0 Å². The maximum absolute atomic E-state index is 13.4. The highest BCUT2D eigenvalue weighted by molar-refractivity contribution is 8.26. The van der Waals surface area contributed by atoms with Crippen LogP contribution in [0.4, 0.5) is 5.82 Å². The molecule has 2 aliphatic heterocycles. The Balaban J connectivity index is 1.77. The molecule has 4 heterocycles. The molecule has 2 aliphatic rings. The molecule has 2 aromatic heterocycles. The van der Waals surface area contributed by atoms with Crippen LogP contribution >= 0.6 is 24.0 Å². The SMILES string of the molecule is C=CCN1C(=O)/C(=C\c2c(N3CCN(CCO)CC3)nc3ccccn3c2=O)SC1=S. The van der Waals surface area contributed by atoms with Crippen LogP contribution in [0.15, 0.2) is 46.8 Å². The van der Waals surface area contributed by atoms with E-state index >= 15 is 0 Å². The molecule has 4 rings (SSSR count). The van der Waals surface area contributed by atoms with Gasteiger partial charge in [0.2, 0.25) is 0 Å². The van der Waals surface area contributed by atoms with Crippen LogP contribution in [0.1, 0.15) is 5.56 Å². The van der Waals surface area contributed by atoms with Gasteiger partial charge in [-0.15, -0.1) is 6.58 Å². The maximum Gasteiger partial charge on any atom is 0.267 e. The Morgan fingerprint density at radius 1 is 1.23 bits per heavy atom. The predicted molar refractivity (Wildman–Crippen MR) is 127 cm³/mol. The smallest absolute Gasteiger partial charge is 0.267 e. The molecular formula is C21H23N5O3S2.